The quantitative estimate of drug-likeness (QED) is 0.202. The van der Waals surface area contributed by atoms with Crippen molar-refractivity contribution in [3.05, 3.63) is 65.4 Å². The minimum absolute atomic E-state index is 0.0456. The van der Waals surface area contributed by atoms with Gasteiger partial charge in [0.15, 0.2) is 0 Å². The summed E-state index contributed by atoms with van der Waals surface area (Å²) < 4.78 is 5.61. The minimum Gasteiger partial charge on any atom is -0.390 e. The molecular formula is C33H45N5O3S. The van der Waals surface area contributed by atoms with Crippen LogP contribution in [0.15, 0.2) is 48.5 Å². The molecule has 9 heteroatoms. The van der Waals surface area contributed by atoms with Crippen molar-refractivity contribution in [2.24, 2.45) is 0 Å². The van der Waals surface area contributed by atoms with Crippen LogP contribution in [0.5, 0.6) is 0 Å². The molecule has 1 aliphatic heterocycles. The van der Waals surface area contributed by atoms with Crippen LogP contribution < -0.4 is 20.7 Å². The highest BCUT2D eigenvalue weighted by Gasteiger charge is 2.29. The van der Waals surface area contributed by atoms with Gasteiger partial charge in [0, 0.05) is 29.8 Å². The number of nitrogens with one attached hydrogen (secondary N) is 4. The molecule has 0 radical (unpaired) electrons. The number of hydrogen-bond donors (Lipinski definition) is 5. The third-order valence-corrected chi connectivity index (χ3v) is 9.72. The normalized spacial score (nSPS) is 19.4. The number of benzene rings is 2. The van der Waals surface area contributed by atoms with Crippen molar-refractivity contribution in [1.29, 1.82) is 0 Å². The van der Waals surface area contributed by atoms with Gasteiger partial charge in [-0.3, -0.25) is 9.59 Å². The van der Waals surface area contributed by atoms with E-state index in [1.54, 1.807) is 11.9 Å². The summed E-state index contributed by atoms with van der Waals surface area (Å²) in [4.78, 5) is 26.8. The molecule has 4 atom stereocenters. The number of aliphatic hydroxyl groups is 1. The molecule has 0 spiro atoms. The molecule has 1 unspecified atom stereocenters. The predicted octanol–water partition coefficient (Wildman–Crippen LogP) is 4.97. The molecule has 0 saturated heterocycles. The molecule has 2 amide bonds. The number of aliphatic hydroxyl groups excluding tert-OH is 1. The Balaban J connectivity index is 1.34. The van der Waals surface area contributed by atoms with E-state index in [1.807, 2.05) is 43.3 Å². The Kier molecular flexibility index (Phi) is 10.1. The molecule has 2 aromatic carbocycles. The first-order valence-corrected chi connectivity index (χ1v) is 16.5. The van der Waals surface area contributed by atoms with E-state index in [-0.39, 0.29) is 30.4 Å². The lowest BCUT2D eigenvalue weighted by atomic mass is 9.95. The predicted molar refractivity (Wildman–Crippen MR) is 172 cm³/mol. The zero-order valence-electron chi connectivity index (χ0n) is 25.0. The van der Waals surface area contributed by atoms with Gasteiger partial charge in [-0.2, -0.15) is 0 Å². The van der Waals surface area contributed by atoms with Crippen LogP contribution in [0.2, 0.25) is 0 Å². The number of rotatable bonds is 11. The fraction of sp³-hybridized carbons (Fsp3) is 0.515. The Morgan fingerprint density at radius 3 is 2.62 bits per heavy atom. The summed E-state index contributed by atoms with van der Waals surface area (Å²) in [6.07, 6.45) is 6.03. The number of carbonyl (C=O) groups is 2. The molecule has 5 rings (SSSR count). The van der Waals surface area contributed by atoms with Gasteiger partial charge >= 0.3 is 0 Å². The van der Waals surface area contributed by atoms with Crippen LogP contribution in [0.4, 0.5) is 5.69 Å². The van der Waals surface area contributed by atoms with Crippen LogP contribution in [0.25, 0.3) is 10.9 Å². The summed E-state index contributed by atoms with van der Waals surface area (Å²) in [5.41, 5.74) is 4.89. The maximum Gasteiger partial charge on any atom is 0.268 e. The van der Waals surface area contributed by atoms with E-state index in [2.05, 4.69) is 51.2 Å². The Hall–Kier alpha value is -3.01. The summed E-state index contributed by atoms with van der Waals surface area (Å²) in [5.74, 6) is 0.567. The number of nitrogens with zero attached hydrogens (tertiary/aromatic N) is 1. The number of hydrogen-bond acceptors (Lipinski definition) is 6. The van der Waals surface area contributed by atoms with E-state index in [4.69, 9.17) is 0 Å². The van der Waals surface area contributed by atoms with Crippen molar-refractivity contribution in [2.45, 2.75) is 96.0 Å². The smallest absolute Gasteiger partial charge is 0.268 e. The van der Waals surface area contributed by atoms with E-state index < -0.39 is 18.2 Å². The second kappa shape index (κ2) is 14.0. The third kappa shape index (κ3) is 6.96. The molecule has 42 heavy (non-hydrogen) atoms. The van der Waals surface area contributed by atoms with Crippen LogP contribution in [-0.4, -0.2) is 58.0 Å². The Bertz CT molecular complexity index is 1370. The molecule has 5 N–H and O–H groups in total. The highest BCUT2D eigenvalue weighted by molar-refractivity contribution is 8.00. The number of aromatic nitrogens is 1. The summed E-state index contributed by atoms with van der Waals surface area (Å²) in [6.45, 7) is 6.28. The average Bonchev–Trinajstić information content (AvgIpc) is 3.33. The van der Waals surface area contributed by atoms with Gasteiger partial charge in [0.1, 0.15) is 5.69 Å². The summed E-state index contributed by atoms with van der Waals surface area (Å²) >= 11 is 1.65. The monoisotopic (exact) mass is 591 g/mol. The SMILES string of the molecule is CCc1ccc2c3c1cc(C(=O)N[C@@H](Cc1ccccc1)[C@H](O)CN[C@@H](C)C(=O)NC1CCCCC1)n3C(C)CSN2. The number of amides is 2. The molecular weight excluding hydrogens is 546 g/mol. The van der Waals surface area contributed by atoms with Gasteiger partial charge in [0.05, 0.1) is 29.4 Å². The second-order valence-corrected chi connectivity index (χ2v) is 12.7. The fourth-order valence-electron chi connectivity index (χ4n) is 6.23. The molecule has 2 heterocycles. The maximum absolute atomic E-state index is 14.0. The lowest BCUT2D eigenvalue weighted by Crippen LogP contribution is -2.53. The molecule has 1 aliphatic carbocycles. The van der Waals surface area contributed by atoms with Crippen LogP contribution in [0, 0.1) is 0 Å². The van der Waals surface area contributed by atoms with Crippen molar-refractivity contribution in [3.8, 4) is 0 Å². The van der Waals surface area contributed by atoms with E-state index in [0.29, 0.717) is 12.1 Å². The molecule has 1 saturated carbocycles. The Morgan fingerprint density at radius 2 is 1.88 bits per heavy atom. The van der Waals surface area contributed by atoms with E-state index in [0.717, 1.165) is 60.0 Å². The summed E-state index contributed by atoms with van der Waals surface area (Å²) in [5, 5.41) is 22.0. The van der Waals surface area contributed by atoms with Crippen molar-refractivity contribution < 1.29 is 14.7 Å². The van der Waals surface area contributed by atoms with Crippen molar-refractivity contribution in [2.75, 3.05) is 17.0 Å². The fourth-order valence-corrected chi connectivity index (χ4v) is 7.03. The van der Waals surface area contributed by atoms with Gasteiger partial charge in [-0.1, -0.05) is 74.5 Å². The molecule has 3 aromatic rings. The van der Waals surface area contributed by atoms with Crippen LogP contribution in [0.1, 0.15) is 80.5 Å². The number of carbonyl (C=O) groups excluding carboxylic acids is 2. The Morgan fingerprint density at radius 1 is 1.12 bits per heavy atom. The van der Waals surface area contributed by atoms with Crippen molar-refractivity contribution in [1.82, 2.24) is 20.5 Å². The van der Waals surface area contributed by atoms with E-state index in [1.165, 1.54) is 12.0 Å². The zero-order chi connectivity index (χ0) is 29.6. The standard InChI is InChI=1S/C33H45N5O3S/c1-4-24-15-16-27-31-26(24)18-29(38(31)21(2)20-42-37-27)33(41)36-28(17-23-11-7-5-8-12-23)30(39)19-34-22(3)32(40)35-25-13-9-6-10-14-25/h5,7-8,11-12,15-16,18,21-22,25,28,30,34,37,39H,4,6,9-10,13-14,17,19-20H2,1-3H3,(H,35,40)(H,36,41)/t21?,22-,28-,30+/m0/s1. The third-order valence-electron chi connectivity index (χ3n) is 8.71. The molecule has 226 valence electrons. The molecule has 1 aromatic heterocycles. The number of aryl methyl sites for hydroxylation is 1. The first kappa shape index (κ1) is 30.4. The van der Waals surface area contributed by atoms with Gasteiger partial charge < -0.3 is 30.3 Å². The topological polar surface area (TPSA) is 107 Å². The average molecular weight is 592 g/mol. The summed E-state index contributed by atoms with van der Waals surface area (Å²) in [7, 11) is 0. The zero-order valence-corrected chi connectivity index (χ0v) is 25.8. The van der Waals surface area contributed by atoms with Crippen molar-refractivity contribution in [3.63, 3.8) is 0 Å². The van der Waals surface area contributed by atoms with Gasteiger partial charge in [-0.25, -0.2) is 0 Å². The Labute approximate surface area is 253 Å². The van der Waals surface area contributed by atoms with Crippen LogP contribution >= 0.6 is 11.9 Å². The lowest BCUT2D eigenvalue weighted by Gasteiger charge is -2.28. The van der Waals surface area contributed by atoms with Gasteiger partial charge in [-0.05, 0) is 62.8 Å². The molecule has 1 fully saturated rings. The maximum atomic E-state index is 14.0. The highest BCUT2D eigenvalue weighted by Crippen LogP contribution is 2.37. The van der Waals surface area contributed by atoms with Crippen LogP contribution in [-0.2, 0) is 17.6 Å². The van der Waals surface area contributed by atoms with Gasteiger partial charge in [0.2, 0.25) is 5.91 Å². The highest BCUT2D eigenvalue weighted by atomic mass is 32.2. The minimum atomic E-state index is -0.899. The largest absolute Gasteiger partial charge is 0.390 e. The first-order valence-electron chi connectivity index (χ1n) is 15.5. The van der Waals surface area contributed by atoms with E-state index in [9.17, 15) is 14.7 Å². The van der Waals surface area contributed by atoms with Gasteiger partial charge in [-0.15, -0.1) is 0 Å². The number of anilines is 1. The van der Waals surface area contributed by atoms with Crippen LogP contribution in [0.3, 0.4) is 0 Å². The second-order valence-electron chi connectivity index (χ2n) is 11.9. The lowest BCUT2D eigenvalue weighted by molar-refractivity contribution is -0.123. The van der Waals surface area contributed by atoms with Gasteiger partial charge in [0.25, 0.3) is 5.91 Å². The molecule has 2 aliphatic rings. The summed E-state index contributed by atoms with van der Waals surface area (Å²) in [6, 6.07) is 15.5. The van der Waals surface area contributed by atoms with E-state index >= 15 is 0 Å². The first-order chi connectivity index (χ1) is 20.4. The van der Waals surface area contributed by atoms with Crippen molar-refractivity contribution >= 4 is 40.4 Å². The molecule has 8 nitrogen and oxygen atoms in total. The molecule has 0 bridgehead atoms.